The van der Waals surface area contributed by atoms with Crippen LogP contribution < -0.4 is 15.5 Å². The minimum absolute atomic E-state index is 0.327. The maximum absolute atomic E-state index is 12.5. The summed E-state index contributed by atoms with van der Waals surface area (Å²) in [5.41, 5.74) is 3.29. The topological polar surface area (TPSA) is 73.9 Å². The first-order chi connectivity index (χ1) is 14.5. The zero-order valence-corrected chi connectivity index (χ0v) is 17.6. The molecule has 160 valence electrons. The van der Waals surface area contributed by atoms with Gasteiger partial charge in [0.15, 0.2) is 0 Å². The van der Waals surface area contributed by atoms with Crippen LogP contribution in [-0.2, 0) is 22.6 Å². The summed E-state index contributed by atoms with van der Waals surface area (Å²) in [7, 11) is 1.89. The molecule has 0 saturated carbocycles. The number of hydrogen-bond acceptors (Lipinski definition) is 5. The SMILES string of the molecule is CC(C(=O)NC(=O)NCc1ccccc1)N(C)Cc1ccccc1N1CCOCC1. The quantitative estimate of drug-likeness (QED) is 0.733. The van der Waals surface area contributed by atoms with Crippen molar-refractivity contribution in [2.45, 2.75) is 26.1 Å². The molecule has 1 aliphatic heterocycles. The first kappa shape index (κ1) is 21.8. The lowest BCUT2D eigenvalue weighted by Gasteiger charge is -2.32. The molecule has 0 spiro atoms. The van der Waals surface area contributed by atoms with E-state index in [0.29, 0.717) is 13.1 Å². The van der Waals surface area contributed by atoms with E-state index in [0.717, 1.165) is 37.4 Å². The summed E-state index contributed by atoms with van der Waals surface area (Å²) in [6.45, 7) is 5.95. The number of morpholine rings is 1. The van der Waals surface area contributed by atoms with Crippen LogP contribution in [0.15, 0.2) is 54.6 Å². The molecule has 1 fully saturated rings. The fourth-order valence-corrected chi connectivity index (χ4v) is 3.40. The molecular weight excluding hydrogens is 380 g/mol. The largest absolute Gasteiger partial charge is 0.378 e. The van der Waals surface area contributed by atoms with Crippen molar-refractivity contribution in [3.05, 3.63) is 65.7 Å². The number of likely N-dealkylation sites (N-methyl/N-ethyl adjacent to an activating group) is 1. The molecule has 1 heterocycles. The number of anilines is 1. The van der Waals surface area contributed by atoms with Gasteiger partial charge in [0.05, 0.1) is 19.3 Å². The average Bonchev–Trinajstić information content (AvgIpc) is 2.78. The molecule has 2 aromatic rings. The van der Waals surface area contributed by atoms with Crippen LogP contribution in [0.1, 0.15) is 18.1 Å². The molecule has 2 N–H and O–H groups in total. The predicted molar refractivity (Wildman–Crippen MR) is 117 cm³/mol. The smallest absolute Gasteiger partial charge is 0.321 e. The fraction of sp³-hybridized carbons (Fsp3) is 0.391. The summed E-state index contributed by atoms with van der Waals surface area (Å²) < 4.78 is 5.45. The van der Waals surface area contributed by atoms with Gasteiger partial charge in [-0.1, -0.05) is 48.5 Å². The van der Waals surface area contributed by atoms with Crippen LogP contribution in [0.4, 0.5) is 10.5 Å². The van der Waals surface area contributed by atoms with Crippen LogP contribution in [-0.4, -0.2) is 56.2 Å². The third-order valence-corrected chi connectivity index (χ3v) is 5.34. The number of amides is 3. The number of ether oxygens (including phenoxy) is 1. The lowest BCUT2D eigenvalue weighted by Crippen LogP contribution is -2.48. The second kappa shape index (κ2) is 10.8. The molecule has 1 saturated heterocycles. The standard InChI is InChI=1S/C23H30N4O3/c1-18(22(28)25-23(29)24-16-19-8-4-3-5-9-19)26(2)17-20-10-6-7-11-21(20)27-12-14-30-15-13-27/h3-11,18H,12-17H2,1-2H3,(H2,24,25,28,29). The van der Waals surface area contributed by atoms with Crippen molar-refractivity contribution in [3.63, 3.8) is 0 Å². The molecule has 30 heavy (non-hydrogen) atoms. The highest BCUT2D eigenvalue weighted by Crippen LogP contribution is 2.23. The number of urea groups is 1. The first-order valence-corrected chi connectivity index (χ1v) is 10.3. The Morgan fingerprint density at radius 3 is 2.47 bits per heavy atom. The monoisotopic (exact) mass is 410 g/mol. The second-order valence-electron chi connectivity index (χ2n) is 7.48. The molecule has 0 radical (unpaired) electrons. The molecule has 1 aliphatic rings. The summed E-state index contributed by atoms with van der Waals surface area (Å²) in [6, 6.07) is 16.9. The number of nitrogens with one attached hydrogen (secondary N) is 2. The van der Waals surface area contributed by atoms with E-state index in [2.05, 4.69) is 27.7 Å². The third-order valence-electron chi connectivity index (χ3n) is 5.34. The van der Waals surface area contributed by atoms with E-state index in [1.54, 1.807) is 6.92 Å². The summed E-state index contributed by atoms with van der Waals surface area (Å²) in [4.78, 5) is 28.9. The molecule has 3 amide bonds. The fourth-order valence-electron chi connectivity index (χ4n) is 3.40. The molecule has 1 atom stereocenters. The van der Waals surface area contributed by atoms with Gasteiger partial charge in [0.1, 0.15) is 0 Å². The van der Waals surface area contributed by atoms with Crippen molar-refractivity contribution in [1.82, 2.24) is 15.5 Å². The highest BCUT2D eigenvalue weighted by molar-refractivity contribution is 5.96. The van der Waals surface area contributed by atoms with E-state index >= 15 is 0 Å². The van der Waals surface area contributed by atoms with E-state index in [9.17, 15) is 9.59 Å². The van der Waals surface area contributed by atoms with E-state index < -0.39 is 12.1 Å². The lowest BCUT2D eigenvalue weighted by atomic mass is 10.1. The highest BCUT2D eigenvalue weighted by atomic mass is 16.5. The van der Waals surface area contributed by atoms with Gasteiger partial charge in [0.2, 0.25) is 5.91 Å². The summed E-state index contributed by atoms with van der Waals surface area (Å²) >= 11 is 0. The summed E-state index contributed by atoms with van der Waals surface area (Å²) in [5.74, 6) is -0.327. The molecule has 0 aromatic heterocycles. The normalized spacial score (nSPS) is 15.0. The van der Waals surface area contributed by atoms with E-state index in [-0.39, 0.29) is 5.91 Å². The number of para-hydroxylation sites is 1. The molecule has 3 rings (SSSR count). The number of carbonyl (C=O) groups is 2. The summed E-state index contributed by atoms with van der Waals surface area (Å²) in [6.07, 6.45) is 0. The van der Waals surface area contributed by atoms with Crippen molar-refractivity contribution in [2.75, 3.05) is 38.3 Å². The Kier molecular flexibility index (Phi) is 7.82. The zero-order valence-electron chi connectivity index (χ0n) is 17.6. The Labute approximate surface area is 178 Å². The number of rotatable bonds is 7. The van der Waals surface area contributed by atoms with Crippen molar-refractivity contribution in [3.8, 4) is 0 Å². The average molecular weight is 411 g/mol. The zero-order chi connectivity index (χ0) is 21.3. The van der Waals surface area contributed by atoms with Gasteiger partial charge in [-0.2, -0.15) is 0 Å². The Morgan fingerprint density at radius 1 is 1.07 bits per heavy atom. The van der Waals surface area contributed by atoms with E-state index in [4.69, 9.17) is 4.74 Å². The Hall–Kier alpha value is -2.90. The lowest BCUT2D eigenvalue weighted by molar-refractivity contribution is -0.124. The minimum atomic E-state index is -0.488. The molecular formula is C23H30N4O3. The van der Waals surface area contributed by atoms with Crippen LogP contribution in [0.2, 0.25) is 0 Å². The highest BCUT2D eigenvalue weighted by Gasteiger charge is 2.22. The number of hydrogen-bond donors (Lipinski definition) is 2. The van der Waals surface area contributed by atoms with Crippen molar-refractivity contribution in [1.29, 1.82) is 0 Å². The van der Waals surface area contributed by atoms with Crippen molar-refractivity contribution < 1.29 is 14.3 Å². The van der Waals surface area contributed by atoms with Crippen LogP contribution in [0.25, 0.3) is 0 Å². The van der Waals surface area contributed by atoms with Crippen LogP contribution in [0, 0.1) is 0 Å². The number of benzene rings is 2. The Morgan fingerprint density at radius 2 is 1.73 bits per heavy atom. The number of nitrogens with zero attached hydrogens (tertiary/aromatic N) is 2. The van der Waals surface area contributed by atoms with Gasteiger partial charge in [-0.15, -0.1) is 0 Å². The molecule has 0 aliphatic carbocycles. The van der Waals surface area contributed by atoms with Crippen molar-refractivity contribution in [2.24, 2.45) is 0 Å². The molecule has 7 nitrogen and oxygen atoms in total. The predicted octanol–water partition coefficient (Wildman–Crippen LogP) is 2.37. The van der Waals surface area contributed by atoms with Crippen LogP contribution >= 0.6 is 0 Å². The van der Waals surface area contributed by atoms with E-state index in [1.165, 1.54) is 5.69 Å². The van der Waals surface area contributed by atoms with Gasteiger partial charge in [0, 0.05) is 31.9 Å². The molecule has 7 heteroatoms. The maximum atomic E-state index is 12.5. The molecule has 2 aromatic carbocycles. The van der Waals surface area contributed by atoms with Crippen LogP contribution in [0.3, 0.4) is 0 Å². The van der Waals surface area contributed by atoms with Crippen molar-refractivity contribution >= 4 is 17.6 Å². The van der Waals surface area contributed by atoms with E-state index in [1.807, 2.05) is 54.4 Å². The van der Waals surface area contributed by atoms with Gasteiger partial charge in [-0.3, -0.25) is 15.0 Å². The Balaban J connectivity index is 1.53. The molecule has 0 bridgehead atoms. The molecule has 1 unspecified atom stereocenters. The summed E-state index contributed by atoms with van der Waals surface area (Å²) in [5, 5.41) is 5.15. The maximum Gasteiger partial charge on any atom is 0.321 e. The van der Waals surface area contributed by atoms with Gasteiger partial charge in [-0.25, -0.2) is 4.79 Å². The first-order valence-electron chi connectivity index (χ1n) is 10.3. The Bertz CT molecular complexity index is 837. The van der Waals surface area contributed by atoms with Crippen LogP contribution in [0.5, 0.6) is 0 Å². The van der Waals surface area contributed by atoms with Gasteiger partial charge in [0.25, 0.3) is 0 Å². The van der Waals surface area contributed by atoms with Gasteiger partial charge < -0.3 is 15.0 Å². The van der Waals surface area contributed by atoms with Gasteiger partial charge >= 0.3 is 6.03 Å². The van der Waals surface area contributed by atoms with Gasteiger partial charge in [-0.05, 0) is 31.2 Å². The number of carbonyl (C=O) groups excluding carboxylic acids is 2. The minimum Gasteiger partial charge on any atom is -0.378 e. The number of imide groups is 1. The third kappa shape index (κ3) is 6.05. The second-order valence-corrected chi connectivity index (χ2v) is 7.48.